The van der Waals surface area contributed by atoms with Crippen LogP contribution in [0.4, 0.5) is 5.00 Å². The number of nitrogens with zero attached hydrogens (tertiary/aromatic N) is 2. The Morgan fingerprint density at radius 2 is 2.15 bits per heavy atom. The Hall–Kier alpha value is -1.93. The summed E-state index contributed by atoms with van der Waals surface area (Å²) in [6.45, 7) is 5.94. The molecule has 0 saturated carbocycles. The molecule has 0 aromatic carbocycles. The van der Waals surface area contributed by atoms with Crippen LogP contribution in [-0.2, 0) is 22.4 Å². The van der Waals surface area contributed by atoms with E-state index in [-0.39, 0.29) is 17.6 Å². The van der Waals surface area contributed by atoms with E-state index in [1.165, 1.54) is 35.1 Å². The fourth-order valence-electron chi connectivity index (χ4n) is 3.22. The first-order valence-electron chi connectivity index (χ1n) is 8.85. The molecular weight excluding hydrogens is 382 g/mol. The van der Waals surface area contributed by atoms with Gasteiger partial charge in [0.05, 0.1) is 18.4 Å². The maximum absolute atomic E-state index is 12.5. The van der Waals surface area contributed by atoms with Gasteiger partial charge in [-0.05, 0) is 50.7 Å². The first-order chi connectivity index (χ1) is 12.9. The molecule has 0 bridgehead atoms. The summed E-state index contributed by atoms with van der Waals surface area (Å²) >= 11 is 2.85. The van der Waals surface area contributed by atoms with E-state index in [2.05, 4.69) is 22.2 Å². The molecule has 0 spiro atoms. The molecular formula is C19H23N3O3S2. The van der Waals surface area contributed by atoms with Crippen LogP contribution < -0.4 is 5.32 Å². The van der Waals surface area contributed by atoms with E-state index in [0.29, 0.717) is 22.3 Å². The SMILES string of the molecule is COC(=O)c1c(NC(=O)CSc2cc(C)nc(C)n2)sc2c1CC[C@@H](C)C2. The highest BCUT2D eigenvalue weighted by Gasteiger charge is 2.28. The molecule has 1 aliphatic carbocycles. The third kappa shape index (κ3) is 4.68. The summed E-state index contributed by atoms with van der Waals surface area (Å²) in [5.74, 6) is 0.948. The standard InChI is InChI=1S/C19H23N3O3S2/c1-10-5-6-13-14(7-10)27-18(17(13)19(24)25-4)22-15(23)9-26-16-8-11(2)20-12(3)21-16/h8,10H,5-7,9H2,1-4H3,(H,22,23)/t10-/m1/s1. The van der Waals surface area contributed by atoms with E-state index >= 15 is 0 Å². The van der Waals surface area contributed by atoms with Crippen molar-refractivity contribution in [3.05, 3.63) is 33.6 Å². The fourth-order valence-corrected chi connectivity index (χ4v) is 5.43. The first-order valence-corrected chi connectivity index (χ1v) is 10.7. The number of rotatable bonds is 5. The molecule has 3 rings (SSSR count). The number of aromatic nitrogens is 2. The monoisotopic (exact) mass is 405 g/mol. The van der Waals surface area contributed by atoms with Crippen LogP contribution in [0.3, 0.4) is 0 Å². The van der Waals surface area contributed by atoms with Gasteiger partial charge in [-0.3, -0.25) is 4.79 Å². The Kier molecular flexibility index (Phi) is 6.16. The van der Waals surface area contributed by atoms with Gasteiger partial charge in [0.15, 0.2) is 0 Å². The summed E-state index contributed by atoms with van der Waals surface area (Å²) in [5, 5.41) is 4.28. The number of aryl methyl sites for hydroxylation is 2. The summed E-state index contributed by atoms with van der Waals surface area (Å²) in [7, 11) is 1.37. The van der Waals surface area contributed by atoms with Gasteiger partial charge in [0, 0.05) is 10.6 Å². The zero-order chi connectivity index (χ0) is 19.6. The van der Waals surface area contributed by atoms with Crippen molar-refractivity contribution >= 4 is 40.0 Å². The number of thiophene rings is 1. The second kappa shape index (κ2) is 8.39. The van der Waals surface area contributed by atoms with Crippen LogP contribution in [0, 0.1) is 19.8 Å². The first kappa shape index (κ1) is 19.8. The lowest BCUT2D eigenvalue weighted by Crippen LogP contribution is -2.17. The van der Waals surface area contributed by atoms with Crippen LogP contribution in [0.2, 0.25) is 0 Å². The van der Waals surface area contributed by atoms with Crippen molar-refractivity contribution in [1.29, 1.82) is 0 Å². The molecule has 8 heteroatoms. The average Bonchev–Trinajstić information content (AvgIpc) is 2.95. The molecule has 1 atom stereocenters. The second-order valence-electron chi connectivity index (χ2n) is 6.78. The molecule has 0 aliphatic heterocycles. The zero-order valence-electron chi connectivity index (χ0n) is 15.9. The highest BCUT2D eigenvalue weighted by atomic mass is 32.2. The number of esters is 1. The van der Waals surface area contributed by atoms with Gasteiger partial charge in [0.1, 0.15) is 15.9 Å². The molecule has 6 nitrogen and oxygen atoms in total. The molecule has 1 aliphatic rings. The van der Waals surface area contributed by atoms with Crippen molar-refractivity contribution in [2.24, 2.45) is 5.92 Å². The molecule has 0 fully saturated rings. The number of fused-ring (bicyclic) bond motifs is 1. The van der Waals surface area contributed by atoms with Gasteiger partial charge in [0.2, 0.25) is 5.91 Å². The molecule has 1 amide bonds. The number of ether oxygens (including phenoxy) is 1. The third-order valence-corrected chi connectivity index (χ3v) is 6.53. The number of hydrogen-bond acceptors (Lipinski definition) is 7. The molecule has 1 N–H and O–H groups in total. The average molecular weight is 406 g/mol. The second-order valence-corrected chi connectivity index (χ2v) is 8.88. The normalized spacial score (nSPS) is 15.9. The van der Waals surface area contributed by atoms with E-state index in [9.17, 15) is 9.59 Å². The molecule has 2 heterocycles. The van der Waals surface area contributed by atoms with Gasteiger partial charge < -0.3 is 10.1 Å². The van der Waals surface area contributed by atoms with Gasteiger partial charge in [-0.25, -0.2) is 14.8 Å². The van der Waals surface area contributed by atoms with Crippen molar-refractivity contribution in [2.75, 3.05) is 18.2 Å². The quantitative estimate of drug-likeness (QED) is 0.463. The lowest BCUT2D eigenvalue weighted by Gasteiger charge is -2.18. The minimum absolute atomic E-state index is 0.161. The summed E-state index contributed by atoms with van der Waals surface area (Å²) < 4.78 is 4.96. The molecule has 2 aromatic heterocycles. The van der Waals surface area contributed by atoms with E-state index < -0.39 is 0 Å². The molecule has 27 heavy (non-hydrogen) atoms. The van der Waals surface area contributed by atoms with E-state index in [1.807, 2.05) is 19.9 Å². The number of methoxy groups -OCH3 is 1. The molecule has 0 radical (unpaired) electrons. The van der Waals surface area contributed by atoms with Crippen LogP contribution in [0.1, 0.15) is 45.7 Å². The summed E-state index contributed by atoms with van der Waals surface area (Å²) in [4.78, 5) is 34.5. The fraction of sp³-hybridized carbons (Fsp3) is 0.474. The zero-order valence-corrected chi connectivity index (χ0v) is 17.6. The maximum atomic E-state index is 12.5. The lowest BCUT2D eigenvalue weighted by atomic mass is 9.88. The lowest BCUT2D eigenvalue weighted by molar-refractivity contribution is -0.113. The molecule has 144 valence electrons. The highest BCUT2D eigenvalue weighted by molar-refractivity contribution is 7.99. The predicted molar refractivity (Wildman–Crippen MR) is 108 cm³/mol. The summed E-state index contributed by atoms with van der Waals surface area (Å²) in [6, 6.07) is 1.86. The Balaban J connectivity index is 1.74. The number of hydrogen-bond donors (Lipinski definition) is 1. The van der Waals surface area contributed by atoms with Crippen LogP contribution in [0.5, 0.6) is 0 Å². The number of carbonyl (C=O) groups excluding carboxylic acids is 2. The van der Waals surface area contributed by atoms with Crippen LogP contribution in [-0.4, -0.2) is 34.7 Å². The predicted octanol–water partition coefficient (Wildman–Crippen LogP) is 3.80. The highest BCUT2D eigenvalue weighted by Crippen LogP contribution is 2.40. The van der Waals surface area contributed by atoms with Gasteiger partial charge in [-0.2, -0.15) is 0 Å². The van der Waals surface area contributed by atoms with E-state index in [1.54, 1.807) is 0 Å². The van der Waals surface area contributed by atoms with E-state index in [0.717, 1.165) is 35.5 Å². The van der Waals surface area contributed by atoms with Gasteiger partial charge in [-0.1, -0.05) is 18.7 Å². The Labute approximate surface area is 167 Å². The van der Waals surface area contributed by atoms with Crippen LogP contribution in [0.25, 0.3) is 0 Å². The topological polar surface area (TPSA) is 81.2 Å². The maximum Gasteiger partial charge on any atom is 0.341 e. The minimum atomic E-state index is -0.382. The number of nitrogens with one attached hydrogen (secondary N) is 1. The minimum Gasteiger partial charge on any atom is -0.465 e. The van der Waals surface area contributed by atoms with Crippen molar-refractivity contribution < 1.29 is 14.3 Å². The van der Waals surface area contributed by atoms with Crippen molar-refractivity contribution in [2.45, 2.75) is 45.1 Å². The number of carbonyl (C=O) groups is 2. The molecule has 0 unspecified atom stereocenters. The van der Waals surface area contributed by atoms with Crippen LogP contribution >= 0.6 is 23.1 Å². The van der Waals surface area contributed by atoms with Crippen molar-refractivity contribution in [3.8, 4) is 0 Å². The number of thioether (sulfide) groups is 1. The number of amides is 1. The summed E-state index contributed by atoms with van der Waals surface area (Å²) in [5.41, 5.74) is 2.44. The molecule has 2 aromatic rings. The van der Waals surface area contributed by atoms with Gasteiger partial charge in [0.25, 0.3) is 0 Å². The molecule has 0 saturated heterocycles. The third-order valence-electron chi connectivity index (χ3n) is 4.45. The Morgan fingerprint density at radius 1 is 1.37 bits per heavy atom. The Bertz CT molecular complexity index is 859. The summed E-state index contributed by atoms with van der Waals surface area (Å²) in [6.07, 6.45) is 2.83. The van der Waals surface area contributed by atoms with Crippen molar-refractivity contribution in [3.63, 3.8) is 0 Å². The van der Waals surface area contributed by atoms with Gasteiger partial charge in [-0.15, -0.1) is 11.3 Å². The van der Waals surface area contributed by atoms with Crippen LogP contribution in [0.15, 0.2) is 11.1 Å². The number of anilines is 1. The van der Waals surface area contributed by atoms with E-state index in [4.69, 9.17) is 4.74 Å². The van der Waals surface area contributed by atoms with Crippen molar-refractivity contribution in [1.82, 2.24) is 9.97 Å². The van der Waals surface area contributed by atoms with Gasteiger partial charge >= 0.3 is 5.97 Å². The smallest absolute Gasteiger partial charge is 0.341 e. The Morgan fingerprint density at radius 3 is 2.85 bits per heavy atom. The largest absolute Gasteiger partial charge is 0.465 e.